The fraction of sp³-hybridized carbons (Fsp3) is 0.111. The maximum atomic E-state index is 12.9. The molecule has 26 heavy (non-hydrogen) atoms. The summed E-state index contributed by atoms with van der Waals surface area (Å²) < 4.78 is 40.4. The van der Waals surface area contributed by atoms with E-state index in [1.165, 1.54) is 12.3 Å². The molecule has 1 aromatic heterocycles. The van der Waals surface area contributed by atoms with E-state index in [-0.39, 0.29) is 0 Å². The van der Waals surface area contributed by atoms with Gasteiger partial charge in [-0.3, -0.25) is 4.68 Å². The first kappa shape index (κ1) is 18.1. The number of hydrogen-bond donors (Lipinski definition) is 1. The minimum Gasteiger partial charge on any atom is -0.411 e. The van der Waals surface area contributed by atoms with Crippen LogP contribution in [0.2, 0.25) is 0 Å². The van der Waals surface area contributed by atoms with E-state index in [0.29, 0.717) is 21.2 Å². The highest BCUT2D eigenvalue weighted by Crippen LogP contribution is 2.37. The largest absolute Gasteiger partial charge is 0.416 e. The molecule has 3 rings (SSSR count). The molecule has 0 unspecified atom stereocenters. The van der Waals surface area contributed by atoms with Gasteiger partial charge in [-0.05, 0) is 18.2 Å². The number of rotatable bonds is 4. The van der Waals surface area contributed by atoms with E-state index in [0.717, 1.165) is 29.5 Å². The second kappa shape index (κ2) is 7.25. The molecule has 0 radical (unpaired) electrons. The summed E-state index contributed by atoms with van der Waals surface area (Å²) >= 11 is 1.12. The van der Waals surface area contributed by atoms with E-state index in [1.807, 2.05) is 30.3 Å². The number of aromatic nitrogens is 2. The molecule has 0 atom stereocenters. The fourth-order valence-corrected chi connectivity index (χ4v) is 3.46. The minimum absolute atomic E-state index is 0.412. The number of oxime groups is 1. The number of alkyl halides is 3. The van der Waals surface area contributed by atoms with Crippen molar-refractivity contribution in [1.29, 1.82) is 0 Å². The average molecular weight is 377 g/mol. The Morgan fingerprint density at radius 1 is 1.12 bits per heavy atom. The van der Waals surface area contributed by atoms with Gasteiger partial charge >= 0.3 is 6.18 Å². The first-order chi connectivity index (χ1) is 12.4. The number of aryl methyl sites for hydroxylation is 1. The zero-order chi connectivity index (χ0) is 18.7. The van der Waals surface area contributed by atoms with Crippen LogP contribution >= 0.6 is 11.8 Å². The van der Waals surface area contributed by atoms with E-state index in [1.54, 1.807) is 17.8 Å². The van der Waals surface area contributed by atoms with Gasteiger partial charge in [0.2, 0.25) is 0 Å². The Bertz CT molecular complexity index is 937. The summed E-state index contributed by atoms with van der Waals surface area (Å²) in [6.07, 6.45) is -3.17. The highest BCUT2D eigenvalue weighted by molar-refractivity contribution is 7.99. The molecule has 4 nitrogen and oxygen atoms in total. The van der Waals surface area contributed by atoms with Crippen LogP contribution in [-0.2, 0) is 13.2 Å². The SMILES string of the molecule is Cn1nc(-c2ccccc2)c(C=NO)c1Sc1cccc(C(F)(F)F)c1. The topological polar surface area (TPSA) is 50.4 Å². The lowest BCUT2D eigenvalue weighted by atomic mass is 10.1. The van der Waals surface area contributed by atoms with E-state index < -0.39 is 11.7 Å². The van der Waals surface area contributed by atoms with Crippen LogP contribution in [0.1, 0.15) is 11.1 Å². The van der Waals surface area contributed by atoms with Gasteiger partial charge in [0.25, 0.3) is 0 Å². The van der Waals surface area contributed by atoms with Crippen LogP contribution in [0.25, 0.3) is 11.3 Å². The molecule has 0 aliphatic heterocycles. The Labute approximate surface area is 152 Å². The van der Waals surface area contributed by atoms with Gasteiger partial charge in [0.1, 0.15) is 10.7 Å². The third-order valence-electron chi connectivity index (χ3n) is 3.64. The minimum atomic E-state index is -4.41. The highest BCUT2D eigenvalue weighted by atomic mass is 32.2. The van der Waals surface area contributed by atoms with Crippen molar-refractivity contribution in [3.05, 3.63) is 65.7 Å². The Balaban J connectivity index is 2.05. The first-order valence-corrected chi connectivity index (χ1v) is 8.37. The first-order valence-electron chi connectivity index (χ1n) is 7.55. The zero-order valence-electron chi connectivity index (χ0n) is 13.6. The molecule has 0 saturated carbocycles. The molecule has 0 saturated heterocycles. The molecule has 1 heterocycles. The van der Waals surface area contributed by atoms with Crippen molar-refractivity contribution in [3.63, 3.8) is 0 Å². The standard InChI is InChI=1S/C18H14F3N3OS/c1-24-17(26-14-9-5-8-13(10-14)18(19,20)21)15(11-22-25)16(23-24)12-6-3-2-4-7-12/h2-11,25H,1H3. The molecule has 0 aliphatic rings. The van der Waals surface area contributed by atoms with Crippen molar-refractivity contribution >= 4 is 18.0 Å². The smallest absolute Gasteiger partial charge is 0.411 e. The van der Waals surface area contributed by atoms with Crippen molar-refractivity contribution in [2.75, 3.05) is 0 Å². The Kier molecular flexibility index (Phi) is 5.03. The average Bonchev–Trinajstić information content (AvgIpc) is 2.92. The predicted octanol–water partition coefficient (Wildman–Crippen LogP) is 5.07. The van der Waals surface area contributed by atoms with Gasteiger partial charge < -0.3 is 5.21 Å². The van der Waals surface area contributed by atoms with Crippen molar-refractivity contribution in [2.45, 2.75) is 16.1 Å². The summed E-state index contributed by atoms with van der Waals surface area (Å²) in [4.78, 5) is 0.412. The van der Waals surface area contributed by atoms with Crippen molar-refractivity contribution in [2.24, 2.45) is 12.2 Å². The molecular weight excluding hydrogens is 363 g/mol. The molecule has 8 heteroatoms. The predicted molar refractivity (Wildman–Crippen MR) is 93.6 cm³/mol. The van der Waals surface area contributed by atoms with Gasteiger partial charge in [-0.25, -0.2) is 0 Å². The lowest BCUT2D eigenvalue weighted by Crippen LogP contribution is -2.04. The number of hydrogen-bond acceptors (Lipinski definition) is 4. The molecule has 0 fully saturated rings. The fourth-order valence-electron chi connectivity index (χ4n) is 2.48. The quantitative estimate of drug-likeness (QED) is 0.393. The van der Waals surface area contributed by atoms with Crippen LogP contribution in [0.3, 0.4) is 0 Å². The number of nitrogens with zero attached hydrogens (tertiary/aromatic N) is 3. The molecular formula is C18H14F3N3OS. The molecule has 0 spiro atoms. The molecule has 2 aromatic carbocycles. The molecule has 3 aromatic rings. The summed E-state index contributed by atoms with van der Waals surface area (Å²) in [5, 5.41) is 17.1. The van der Waals surface area contributed by atoms with E-state index in [4.69, 9.17) is 5.21 Å². The monoisotopic (exact) mass is 377 g/mol. The van der Waals surface area contributed by atoms with Gasteiger partial charge in [0.15, 0.2) is 0 Å². The van der Waals surface area contributed by atoms with Gasteiger partial charge in [0, 0.05) is 17.5 Å². The summed E-state index contributed by atoms with van der Waals surface area (Å²) in [6, 6.07) is 14.3. The van der Waals surface area contributed by atoms with Gasteiger partial charge in [-0.2, -0.15) is 18.3 Å². The van der Waals surface area contributed by atoms with E-state index in [2.05, 4.69) is 10.3 Å². The maximum Gasteiger partial charge on any atom is 0.416 e. The number of halogens is 3. The third kappa shape index (κ3) is 3.75. The Morgan fingerprint density at radius 3 is 2.50 bits per heavy atom. The van der Waals surface area contributed by atoms with Crippen LogP contribution in [0.4, 0.5) is 13.2 Å². The summed E-state index contributed by atoms with van der Waals surface area (Å²) in [5.74, 6) is 0. The summed E-state index contributed by atoms with van der Waals surface area (Å²) in [5.41, 5.74) is 1.21. The van der Waals surface area contributed by atoms with Gasteiger partial charge in [-0.1, -0.05) is 53.3 Å². The van der Waals surface area contributed by atoms with Crippen molar-refractivity contribution in [1.82, 2.24) is 9.78 Å². The van der Waals surface area contributed by atoms with Crippen LogP contribution in [0, 0.1) is 0 Å². The van der Waals surface area contributed by atoms with Crippen LogP contribution < -0.4 is 0 Å². The second-order valence-corrected chi connectivity index (χ2v) is 6.49. The van der Waals surface area contributed by atoms with E-state index >= 15 is 0 Å². The molecule has 0 aliphatic carbocycles. The van der Waals surface area contributed by atoms with Crippen LogP contribution in [0.15, 0.2) is 69.7 Å². The van der Waals surface area contributed by atoms with Crippen LogP contribution in [-0.4, -0.2) is 21.2 Å². The summed E-state index contributed by atoms with van der Waals surface area (Å²) in [6.45, 7) is 0. The Hall–Kier alpha value is -2.74. The second-order valence-electron chi connectivity index (χ2n) is 5.43. The van der Waals surface area contributed by atoms with Gasteiger partial charge in [0.05, 0.1) is 17.3 Å². The highest BCUT2D eigenvalue weighted by Gasteiger charge is 2.30. The van der Waals surface area contributed by atoms with Crippen molar-refractivity contribution < 1.29 is 18.4 Å². The normalized spacial score (nSPS) is 12.0. The Morgan fingerprint density at radius 2 is 1.85 bits per heavy atom. The maximum absolute atomic E-state index is 12.9. The molecule has 0 bridgehead atoms. The van der Waals surface area contributed by atoms with Gasteiger partial charge in [-0.15, -0.1) is 0 Å². The molecule has 134 valence electrons. The third-order valence-corrected chi connectivity index (χ3v) is 4.81. The lowest BCUT2D eigenvalue weighted by Gasteiger charge is -2.09. The van der Waals surface area contributed by atoms with E-state index in [9.17, 15) is 13.2 Å². The summed E-state index contributed by atoms with van der Waals surface area (Å²) in [7, 11) is 1.69. The lowest BCUT2D eigenvalue weighted by molar-refractivity contribution is -0.137. The van der Waals surface area contributed by atoms with Crippen molar-refractivity contribution in [3.8, 4) is 11.3 Å². The molecule has 0 amide bonds. The van der Waals surface area contributed by atoms with Crippen LogP contribution in [0.5, 0.6) is 0 Å². The zero-order valence-corrected chi connectivity index (χ0v) is 14.4. The number of benzene rings is 2. The molecule has 1 N–H and O–H groups in total.